The van der Waals surface area contributed by atoms with Crippen LogP contribution < -0.4 is 0 Å². The number of piperidine rings is 1. The molecular weight excluding hydrogens is 320 g/mol. The Morgan fingerprint density at radius 2 is 2.21 bits per heavy atom. The van der Waals surface area contributed by atoms with Crippen molar-refractivity contribution in [2.24, 2.45) is 0 Å². The predicted octanol–water partition coefficient (Wildman–Crippen LogP) is 3.90. The number of amides is 1. The van der Waals surface area contributed by atoms with Gasteiger partial charge in [-0.3, -0.25) is 9.78 Å². The summed E-state index contributed by atoms with van der Waals surface area (Å²) in [4.78, 5) is 28.4. The number of thiophene rings is 1. The van der Waals surface area contributed by atoms with Gasteiger partial charge in [0.2, 0.25) is 0 Å². The Bertz CT molecular complexity index is 813. The molecule has 1 N–H and O–H groups in total. The summed E-state index contributed by atoms with van der Waals surface area (Å²) < 4.78 is 0. The second kappa shape index (κ2) is 6.57. The van der Waals surface area contributed by atoms with Gasteiger partial charge in [0.15, 0.2) is 0 Å². The van der Waals surface area contributed by atoms with E-state index < -0.39 is 0 Å². The average molecular weight is 338 g/mol. The number of carbonyl (C=O) groups is 1. The molecule has 3 aromatic rings. The van der Waals surface area contributed by atoms with Crippen LogP contribution in [0.25, 0.3) is 10.7 Å². The first-order valence-electron chi connectivity index (χ1n) is 8.13. The van der Waals surface area contributed by atoms with Gasteiger partial charge in [-0.2, -0.15) is 0 Å². The summed E-state index contributed by atoms with van der Waals surface area (Å²) >= 11 is 1.49. The number of aromatic amines is 1. The molecule has 1 amide bonds. The maximum atomic E-state index is 13.1. The van der Waals surface area contributed by atoms with Crippen LogP contribution in [0.5, 0.6) is 0 Å². The number of likely N-dealkylation sites (tertiary alicyclic amines) is 1. The van der Waals surface area contributed by atoms with Crippen molar-refractivity contribution in [2.45, 2.75) is 25.3 Å². The van der Waals surface area contributed by atoms with E-state index in [1.807, 2.05) is 29.3 Å². The third kappa shape index (κ3) is 2.85. The molecular formula is C18H18N4OS. The number of H-pyrrole nitrogens is 1. The van der Waals surface area contributed by atoms with Crippen molar-refractivity contribution in [1.82, 2.24) is 19.9 Å². The molecule has 0 saturated carbocycles. The van der Waals surface area contributed by atoms with Crippen molar-refractivity contribution >= 4 is 17.2 Å². The number of aromatic nitrogens is 3. The van der Waals surface area contributed by atoms with Gasteiger partial charge in [-0.05, 0) is 43.0 Å². The Labute approximate surface area is 144 Å². The van der Waals surface area contributed by atoms with E-state index in [0.29, 0.717) is 0 Å². The minimum Gasteiger partial charge on any atom is -0.344 e. The van der Waals surface area contributed by atoms with Gasteiger partial charge in [-0.25, -0.2) is 4.98 Å². The maximum absolute atomic E-state index is 13.1. The van der Waals surface area contributed by atoms with E-state index in [0.717, 1.165) is 46.9 Å². The normalized spacial score (nSPS) is 17.8. The summed E-state index contributed by atoms with van der Waals surface area (Å²) in [6.07, 6.45) is 10.4. The molecule has 0 spiro atoms. The SMILES string of the molecule is O=C(c1ccc(-c2ncc[nH]2)s1)N1CCCC[C@@H]1c1cccnc1. The molecule has 0 unspecified atom stereocenters. The topological polar surface area (TPSA) is 61.9 Å². The minimum atomic E-state index is 0.103. The van der Waals surface area contributed by atoms with E-state index >= 15 is 0 Å². The summed E-state index contributed by atoms with van der Waals surface area (Å²) in [5.74, 6) is 0.910. The second-order valence-electron chi connectivity index (χ2n) is 5.90. The Balaban J connectivity index is 1.60. The quantitative estimate of drug-likeness (QED) is 0.788. The van der Waals surface area contributed by atoms with Crippen molar-refractivity contribution in [3.05, 3.63) is 59.5 Å². The van der Waals surface area contributed by atoms with Crippen molar-refractivity contribution < 1.29 is 4.79 Å². The second-order valence-corrected chi connectivity index (χ2v) is 6.98. The van der Waals surface area contributed by atoms with E-state index in [4.69, 9.17) is 0 Å². The zero-order chi connectivity index (χ0) is 16.4. The van der Waals surface area contributed by atoms with Gasteiger partial charge in [0.25, 0.3) is 5.91 Å². The van der Waals surface area contributed by atoms with E-state index in [2.05, 4.69) is 21.0 Å². The first kappa shape index (κ1) is 15.1. The van der Waals surface area contributed by atoms with Crippen LogP contribution in [0.1, 0.15) is 40.5 Å². The molecule has 0 aromatic carbocycles. The molecule has 1 atom stereocenters. The molecule has 3 aromatic heterocycles. The predicted molar refractivity (Wildman–Crippen MR) is 93.8 cm³/mol. The van der Waals surface area contributed by atoms with Gasteiger partial charge in [0.05, 0.1) is 15.8 Å². The summed E-state index contributed by atoms with van der Waals surface area (Å²) in [6, 6.07) is 7.98. The van der Waals surface area contributed by atoms with Crippen LogP contribution in [0.2, 0.25) is 0 Å². The minimum absolute atomic E-state index is 0.103. The monoisotopic (exact) mass is 338 g/mol. The molecule has 1 aliphatic heterocycles. The molecule has 1 aliphatic rings. The highest BCUT2D eigenvalue weighted by atomic mass is 32.1. The van der Waals surface area contributed by atoms with Crippen LogP contribution in [0.4, 0.5) is 0 Å². The van der Waals surface area contributed by atoms with Gasteiger partial charge in [-0.15, -0.1) is 11.3 Å². The van der Waals surface area contributed by atoms with Crippen LogP contribution in [0.3, 0.4) is 0 Å². The van der Waals surface area contributed by atoms with Crippen molar-refractivity contribution in [3.63, 3.8) is 0 Å². The molecule has 6 heteroatoms. The number of pyridine rings is 1. The largest absolute Gasteiger partial charge is 0.344 e. The fourth-order valence-electron chi connectivity index (χ4n) is 3.22. The van der Waals surface area contributed by atoms with Gasteiger partial charge in [-0.1, -0.05) is 6.07 Å². The standard InChI is InChI=1S/C18H18N4OS/c23-18(16-7-6-15(24-16)17-20-9-10-21-17)22-11-2-1-5-14(22)13-4-3-8-19-12-13/h3-4,6-10,12,14H,1-2,5,11H2,(H,20,21)/t14-/m1/s1. The third-order valence-electron chi connectivity index (χ3n) is 4.38. The summed E-state index contributed by atoms with van der Waals surface area (Å²) in [7, 11) is 0. The molecule has 122 valence electrons. The zero-order valence-corrected chi connectivity index (χ0v) is 14.0. The number of carbonyl (C=O) groups excluding carboxylic acids is 1. The molecule has 0 bridgehead atoms. The average Bonchev–Trinajstić information content (AvgIpc) is 3.33. The molecule has 24 heavy (non-hydrogen) atoms. The number of hydrogen-bond donors (Lipinski definition) is 1. The van der Waals surface area contributed by atoms with Crippen LogP contribution in [0.15, 0.2) is 49.1 Å². The van der Waals surface area contributed by atoms with Crippen LogP contribution in [-0.4, -0.2) is 32.3 Å². The van der Waals surface area contributed by atoms with Crippen LogP contribution in [-0.2, 0) is 0 Å². The Hall–Kier alpha value is -2.47. The molecule has 4 heterocycles. The van der Waals surface area contributed by atoms with E-state index in [1.54, 1.807) is 18.6 Å². The molecule has 0 radical (unpaired) electrons. The van der Waals surface area contributed by atoms with Crippen molar-refractivity contribution in [1.29, 1.82) is 0 Å². The summed E-state index contributed by atoms with van der Waals surface area (Å²) in [6.45, 7) is 0.798. The van der Waals surface area contributed by atoms with Crippen LogP contribution in [0, 0.1) is 0 Å². The maximum Gasteiger partial charge on any atom is 0.264 e. The smallest absolute Gasteiger partial charge is 0.264 e. The van der Waals surface area contributed by atoms with Crippen molar-refractivity contribution in [3.8, 4) is 10.7 Å². The number of hydrogen-bond acceptors (Lipinski definition) is 4. The lowest BCUT2D eigenvalue weighted by atomic mass is 9.96. The first-order valence-corrected chi connectivity index (χ1v) is 8.95. The molecule has 1 saturated heterocycles. The lowest BCUT2D eigenvalue weighted by Gasteiger charge is -2.35. The highest BCUT2D eigenvalue weighted by Crippen LogP contribution is 2.34. The number of nitrogens with one attached hydrogen (secondary N) is 1. The Kier molecular flexibility index (Phi) is 4.13. The fraction of sp³-hybridized carbons (Fsp3) is 0.278. The zero-order valence-electron chi connectivity index (χ0n) is 13.2. The van der Waals surface area contributed by atoms with E-state index in [1.165, 1.54) is 11.3 Å². The first-order chi connectivity index (χ1) is 11.8. The third-order valence-corrected chi connectivity index (χ3v) is 5.46. The molecule has 4 rings (SSSR count). The number of rotatable bonds is 3. The highest BCUT2D eigenvalue weighted by Gasteiger charge is 2.29. The Morgan fingerprint density at radius 1 is 1.25 bits per heavy atom. The fourth-order valence-corrected chi connectivity index (χ4v) is 4.14. The number of imidazole rings is 1. The highest BCUT2D eigenvalue weighted by molar-refractivity contribution is 7.17. The summed E-state index contributed by atoms with van der Waals surface area (Å²) in [5, 5.41) is 0. The number of nitrogens with zero attached hydrogens (tertiary/aromatic N) is 3. The molecule has 1 fully saturated rings. The Morgan fingerprint density at radius 3 is 3.00 bits per heavy atom. The van der Waals surface area contributed by atoms with Crippen molar-refractivity contribution in [2.75, 3.05) is 6.54 Å². The van der Waals surface area contributed by atoms with Gasteiger partial charge in [0, 0.05) is 31.3 Å². The molecule has 0 aliphatic carbocycles. The van der Waals surface area contributed by atoms with Crippen LogP contribution >= 0.6 is 11.3 Å². The van der Waals surface area contributed by atoms with E-state index in [-0.39, 0.29) is 11.9 Å². The van der Waals surface area contributed by atoms with Gasteiger partial charge < -0.3 is 9.88 Å². The molecule has 5 nitrogen and oxygen atoms in total. The lowest BCUT2D eigenvalue weighted by Crippen LogP contribution is -2.38. The lowest BCUT2D eigenvalue weighted by molar-refractivity contribution is 0.0616. The van der Waals surface area contributed by atoms with Gasteiger partial charge >= 0.3 is 0 Å². The van der Waals surface area contributed by atoms with Gasteiger partial charge in [0.1, 0.15) is 5.82 Å². The summed E-state index contributed by atoms with van der Waals surface area (Å²) in [5.41, 5.74) is 1.12. The van der Waals surface area contributed by atoms with E-state index in [9.17, 15) is 4.79 Å².